The number of nitrogens with two attached hydrogens (primary N) is 1. The smallest absolute Gasteiger partial charge is 0.307 e. The zero-order valence-corrected chi connectivity index (χ0v) is 8.87. The summed E-state index contributed by atoms with van der Waals surface area (Å²) < 4.78 is 4.57. The van der Waals surface area contributed by atoms with Crippen LogP contribution in [0.1, 0.15) is 25.7 Å². The molecule has 82 valence electrons. The molecule has 2 N–H and O–H groups in total. The summed E-state index contributed by atoms with van der Waals surface area (Å²) in [4.78, 5) is 13.3. The zero-order chi connectivity index (χ0) is 10.4. The van der Waals surface area contributed by atoms with Gasteiger partial charge in [-0.25, -0.2) is 0 Å². The van der Waals surface area contributed by atoms with Crippen LogP contribution in [-0.4, -0.2) is 43.7 Å². The Bertz CT molecular complexity index is 179. The minimum Gasteiger partial charge on any atom is -0.469 e. The van der Waals surface area contributed by atoms with Crippen molar-refractivity contribution < 1.29 is 9.53 Å². The Morgan fingerprint density at radius 2 is 2.07 bits per heavy atom. The Balaban J connectivity index is 2.18. The number of esters is 1. The van der Waals surface area contributed by atoms with Crippen LogP contribution in [0.2, 0.25) is 0 Å². The van der Waals surface area contributed by atoms with E-state index in [0.717, 1.165) is 19.6 Å². The Kier molecular flexibility index (Phi) is 4.90. The SMILES string of the molecule is COC(=O)CC(N)CN1CCCCC1. The van der Waals surface area contributed by atoms with Gasteiger partial charge in [-0.1, -0.05) is 6.42 Å². The van der Waals surface area contributed by atoms with E-state index in [2.05, 4.69) is 9.64 Å². The lowest BCUT2D eigenvalue weighted by molar-refractivity contribution is -0.141. The van der Waals surface area contributed by atoms with Crippen molar-refractivity contribution >= 4 is 5.97 Å². The fourth-order valence-corrected chi connectivity index (χ4v) is 1.84. The number of carbonyl (C=O) groups is 1. The summed E-state index contributed by atoms with van der Waals surface area (Å²) in [6, 6.07) is -0.0828. The molecule has 0 spiro atoms. The molecule has 0 saturated carbocycles. The summed E-state index contributed by atoms with van der Waals surface area (Å²) >= 11 is 0. The van der Waals surface area contributed by atoms with E-state index in [9.17, 15) is 4.79 Å². The number of rotatable bonds is 4. The molecule has 1 saturated heterocycles. The first-order valence-corrected chi connectivity index (χ1v) is 5.27. The van der Waals surface area contributed by atoms with Gasteiger partial charge in [0.1, 0.15) is 0 Å². The quantitative estimate of drug-likeness (QED) is 0.666. The molecule has 0 bridgehead atoms. The number of hydrogen-bond acceptors (Lipinski definition) is 4. The standard InChI is InChI=1S/C10H20N2O2/c1-14-10(13)7-9(11)8-12-5-3-2-4-6-12/h9H,2-8,11H2,1H3. The van der Waals surface area contributed by atoms with Gasteiger partial charge < -0.3 is 15.4 Å². The number of hydrogen-bond donors (Lipinski definition) is 1. The first-order chi connectivity index (χ1) is 6.72. The Morgan fingerprint density at radius 3 is 2.64 bits per heavy atom. The lowest BCUT2D eigenvalue weighted by Gasteiger charge is -2.28. The van der Waals surface area contributed by atoms with Gasteiger partial charge in [-0.05, 0) is 25.9 Å². The molecule has 1 unspecified atom stereocenters. The summed E-state index contributed by atoms with van der Waals surface area (Å²) in [7, 11) is 1.40. The molecule has 1 rings (SSSR count). The van der Waals surface area contributed by atoms with Crippen molar-refractivity contribution in [1.82, 2.24) is 4.90 Å². The molecule has 1 fully saturated rings. The highest BCUT2D eigenvalue weighted by Gasteiger charge is 2.15. The predicted molar refractivity (Wildman–Crippen MR) is 54.9 cm³/mol. The van der Waals surface area contributed by atoms with Crippen LogP contribution in [0.5, 0.6) is 0 Å². The first kappa shape index (κ1) is 11.5. The largest absolute Gasteiger partial charge is 0.469 e. The maximum Gasteiger partial charge on any atom is 0.307 e. The van der Waals surface area contributed by atoms with Crippen molar-refractivity contribution in [3.8, 4) is 0 Å². The van der Waals surface area contributed by atoms with Gasteiger partial charge in [0, 0.05) is 12.6 Å². The van der Waals surface area contributed by atoms with Crippen molar-refractivity contribution in [2.24, 2.45) is 5.73 Å². The topological polar surface area (TPSA) is 55.6 Å². The minimum absolute atomic E-state index is 0.0828. The van der Waals surface area contributed by atoms with Crippen LogP contribution < -0.4 is 5.73 Å². The van der Waals surface area contributed by atoms with Gasteiger partial charge in [0.25, 0.3) is 0 Å². The number of ether oxygens (including phenoxy) is 1. The fraction of sp³-hybridized carbons (Fsp3) is 0.900. The molecule has 1 atom stereocenters. The van der Waals surface area contributed by atoms with Gasteiger partial charge in [-0.15, -0.1) is 0 Å². The van der Waals surface area contributed by atoms with E-state index in [1.54, 1.807) is 0 Å². The summed E-state index contributed by atoms with van der Waals surface area (Å²) in [5.74, 6) is -0.213. The van der Waals surface area contributed by atoms with Crippen LogP contribution in [0.4, 0.5) is 0 Å². The second-order valence-corrected chi connectivity index (χ2v) is 3.90. The van der Waals surface area contributed by atoms with Gasteiger partial charge >= 0.3 is 5.97 Å². The van der Waals surface area contributed by atoms with Crippen molar-refractivity contribution in [2.75, 3.05) is 26.7 Å². The molecule has 4 nitrogen and oxygen atoms in total. The fourth-order valence-electron chi connectivity index (χ4n) is 1.84. The Morgan fingerprint density at radius 1 is 1.43 bits per heavy atom. The van der Waals surface area contributed by atoms with E-state index in [0.29, 0.717) is 6.42 Å². The van der Waals surface area contributed by atoms with Crippen molar-refractivity contribution in [3.63, 3.8) is 0 Å². The van der Waals surface area contributed by atoms with E-state index in [1.165, 1.54) is 26.4 Å². The highest BCUT2D eigenvalue weighted by atomic mass is 16.5. The molecule has 4 heteroatoms. The van der Waals surface area contributed by atoms with Crippen molar-refractivity contribution in [2.45, 2.75) is 31.7 Å². The van der Waals surface area contributed by atoms with E-state index in [-0.39, 0.29) is 12.0 Å². The number of piperidine rings is 1. The average molecular weight is 200 g/mol. The second-order valence-electron chi connectivity index (χ2n) is 3.90. The number of likely N-dealkylation sites (tertiary alicyclic amines) is 1. The maximum absolute atomic E-state index is 10.9. The number of methoxy groups -OCH3 is 1. The summed E-state index contributed by atoms with van der Waals surface area (Å²) in [5.41, 5.74) is 5.84. The Hall–Kier alpha value is -0.610. The van der Waals surface area contributed by atoms with Crippen LogP contribution in [0.15, 0.2) is 0 Å². The van der Waals surface area contributed by atoms with Gasteiger partial charge in [0.05, 0.1) is 13.5 Å². The van der Waals surface area contributed by atoms with Crippen molar-refractivity contribution in [1.29, 1.82) is 0 Å². The molecular formula is C10H20N2O2. The number of carbonyl (C=O) groups excluding carboxylic acids is 1. The zero-order valence-electron chi connectivity index (χ0n) is 8.87. The number of nitrogens with zero attached hydrogens (tertiary/aromatic N) is 1. The lowest BCUT2D eigenvalue weighted by Crippen LogP contribution is -2.41. The molecule has 1 aliphatic heterocycles. The van der Waals surface area contributed by atoms with Crippen LogP contribution in [-0.2, 0) is 9.53 Å². The van der Waals surface area contributed by atoms with Gasteiger partial charge in [-0.2, -0.15) is 0 Å². The molecule has 0 aliphatic carbocycles. The summed E-state index contributed by atoms with van der Waals surface area (Å²) in [5, 5.41) is 0. The van der Waals surface area contributed by atoms with Crippen LogP contribution >= 0.6 is 0 Å². The Labute approximate surface area is 85.4 Å². The summed E-state index contributed by atoms with van der Waals surface area (Å²) in [6.07, 6.45) is 4.16. The van der Waals surface area contributed by atoms with Gasteiger partial charge in [0.15, 0.2) is 0 Å². The molecule has 0 radical (unpaired) electrons. The third kappa shape index (κ3) is 4.07. The van der Waals surface area contributed by atoms with Crippen molar-refractivity contribution in [3.05, 3.63) is 0 Å². The van der Waals surface area contributed by atoms with Crippen LogP contribution in [0.25, 0.3) is 0 Å². The van der Waals surface area contributed by atoms with Gasteiger partial charge in [0.2, 0.25) is 0 Å². The highest BCUT2D eigenvalue weighted by molar-refractivity contribution is 5.69. The molecule has 0 aromatic heterocycles. The molecule has 0 aromatic carbocycles. The van der Waals surface area contributed by atoms with E-state index in [1.807, 2.05) is 0 Å². The second kappa shape index (κ2) is 5.98. The van der Waals surface area contributed by atoms with Crippen LogP contribution in [0, 0.1) is 0 Å². The minimum atomic E-state index is -0.213. The normalized spacial score (nSPS) is 20.4. The van der Waals surface area contributed by atoms with Gasteiger partial charge in [-0.3, -0.25) is 4.79 Å². The predicted octanol–water partition coefficient (Wildman–Crippen LogP) is 0.363. The first-order valence-electron chi connectivity index (χ1n) is 5.27. The molecular weight excluding hydrogens is 180 g/mol. The third-order valence-electron chi connectivity index (χ3n) is 2.60. The lowest BCUT2D eigenvalue weighted by atomic mass is 10.1. The maximum atomic E-state index is 10.9. The molecule has 0 aromatic rings. The molecule has 1 aliphatic rings. The molecule has 0 amide bonds. The van der Waals surface area contributed by atoms with Crippen LogP contribution in [0.3, 0.4) is 0 Å². The summed E-state index contributed by atoms with van der Waals surface area (Å²) in [6.45, 7) is 3.05. The third-order valence-corrected chi connectivity index (χ3v) is 2.60. The van der Waals surface area contributed by atoms with E-state index < -0.39 is 0 Å². The average Bonchev–Trinajstić information content (AvgIpc) is 2.19. The molecule has 14 heavy (non-hydrogen) atoms. The monoisotopic (exact) mass is 200 g/mol. The van der Waals surface area contributed by atoms with E-state index in [4.69, 9.17) is 5.73 Å². The molecule has 1 heterocycles. The highest BCUT2D eigenvalue weighted by Crippen LogP contribution is 2.09. The van der Waals surface area contributed by atoms with E-state index >= 15 is 0 Å².